The molecule has 0 spiro atoms. The van der Waals surface area contributed by atoms with E-state index in [2.05, 4.69) is 38.5 Å². The van der Waals surface area contributed by atoms with Crippen LogP contribution in [0, 0.1) is 0 Å². The van der Waals surface area contributed by atoms with E-state index in [-0.39, 0.29) is 0 Å². The summed E-state index contributed by atoms with van der Waals surface area (Å²) in [6.07, 6.45) is 0. The molecule has 1 nitrogen and oxygen atoms in total. The molecule has 0 aromatic rings. The molecule has 0 aliphatic rings. The molecule has 58 valence electrons. The molecule has 0 unspecified atom stereocenters. The Labute approximate surface area is 74.7 Å². The summed E-state index contributed by atoms with van der Waals surface area (Å²) in [7, 11) is 0. The van der Waals surface area contributed by atoms with Gasteiger partial charge in [0.15, 0.2) is 0 Å². The van der Waals surface area contributed by atoms with Crippen LogP contribution in [0.15, 0.2) is 0 Å². The van der Waals surface area contributed by atoms with Gasteiger partial charge in [0.25, 0.3) is 0 Å². The zero-order valence-electron chi connectivity index (χ0n) is 8.32. The predicted molar refractivity (Wildman–Crippen MR) is 47.6 cm³/mol. The van der Waals surface area contributed by atoms with E-state index >= 15 is 0 Å². The van der Waals surface area contributed by atoms with Crippen molar-refractivity contribution >= 4 is 17.7 Å². The molecular weight excluding hydrogens is 119 g/mol. The molecule has 0 rings (SSSR count). The Morgan fingerprint density at radius 1 is 1.10 bits per heavy atom. The van der Waals surface area contributed by atoms with Crippen molar-refractivity contribution in [3.63, 3.8) is 0 Å². The first-order valence-electron chi connectivity index (χ1n) is 3.99. The fourth-order valence-corrected chi connectivity index (χ4v) is 0.204. The first kappa shape index (κ1) is 13.2. The van der Waals surface area contributed by atoms with Crippen LogP contribution in [0.2, 0.25) is 4.09 Å². The monoisotopic (exact) mass is 138 g/mol. The maximum atomic E-state index is 4.83. The Morgan fingerprint density at radius 2 is 1.30 bits per heavy atom. The van der Waals surface area contributed by atoms with Crippen LogP contribution < -0.4 is 0 Å². The number of hydrogen-bond donors (Lipinski definition) is 0. The molecule has 0 atom stereocenters. The molecule has 0 aliphatic heterocycles. The average molecular weight is 138 g/mol. The van der Waals surface area contributed by atoms with Crippen LogP contribution in [0.4, 0.5) is 0 Å². The third-order valence-electron chi connectivity index (χ3n) is 0.408. The molecule has 10 heavy (non-hydrogen) atoms. The third-order valence-corrected chi connectivity index (χ3v) is 0.408. The Hall–Kier alpha value is 0.557. The van der Waals surface area contributed by atoms with Crippen molar-refractivity contribution in [2.24, 2.45) is 0 Å². The second kappa shape index (κ2) is 7.66. The normalized spacial score (nSPS) is 10.3. The van der Waals surface area contributed by atoms with E-state index in [9.17, 15) is 0 Å². The molecule has 0 amide bonds. The van der Waals surface area contributed by atoms with E-state index < -0.39 is 0 Å². The molecular formula is C8H19LiO. The Balaban J connectivity index is 0. The van der Waals surface area contributed by atoms with Crippen LogP contribution >= 0.6 is 0 Å². The molecule has 0 radical (unpaired) electrons. The fourth-order valence-electron chi connectivity index (χ4n) is 0.204. The fraction of sp³-hybridized carbons (Fsp3) is 1.00. The Kier molecular flexibility index (Phi) is 10.1. The van der Waals surface area contributed by atoms with Crippen LogP contribution in [0.25, 0.3) is 0 Å². The molecule has 0 heterocycles. The second-order valence-corrected chi connectivity index (χ2v) is 3.78. The molecule has 0 saturated heterocycles. The summed E-state index contributed by atoms with van der Waals surface area (Å²) in [6, 6.07) is 0. The van der Waals surface area contributed by atoms with Crippen LogP contribution in [-0.2, 0) is 4.74 Å². The van der Waals surface area contributed by atoms with Crippen molar-refractivity contribution in [3.05, 3.63) is 0 Å². The second-order valence-electron chi connectivity index (χ2n) is 3.78. The van der Waals surface area contributed by atoms with E-state index in [4.69, 9.17) is 4.74 Å². The molecule has 0 bridgehead atoms. The zero-order chi connectivity index (χ0) is 8.62. The predicted octanol–water partition coefficient (Wildman–Crippen LogP) is 2.42. The van der Waals surface area contributed by atoms with E-state index in [0.29, 0.717) is 4.09 Å². The Bertz CT molecular complexity index is 48.8. The summed E-state index contributed by atoms with van der Waals surface area (Å²) < 4.78 is 5.33. The minimum atomic E-state index is 0.500. The quantitative estimate of drug-likeness (QED) is 0.532. The summed E-state index contributed by atoms with van der Waals surface area (Å²) in [5, 5.41) is 0. The minimum absolute atomic E-state index is 0.500. The topological polar surface area (TPSA) is 9.23 Å². The van der Waals surface area contributed by atoms with Gasteiger partial charge in [0, 0.05) is 13.2 Å². The van der Waals surface area contributed by atoms with Crippen LogP contribution in [0.5, 0.6) is 0 Å². The first-order valence-corrected chi connectivity index (χ1v) is 3.99. The average Bonchev–Trinajstić information content (AvgIpc) is 1.63. The molecule has 0 saturated carbocycles. The van der Waals surface area contributed by atoms with Gasteiger partial charge in [-0.15, -0.1) is 0 Å². The molecule has 0 N–H and O–H groups in total. The summed E-state index contributed by atoms with van der Waals surface area (Å²) in [4.78, 5) is 0. The van der Waals surface area contributed by atoms with Crippen molar-refractivity contribution in [2.75, 3.05) is 13.2 Å². The van der Waals surface area contributed by atoms with Gasteiger partial charge in [0.2, 0.25) is 0 Å². The van der Waals surface area contributed by atoms with Crippen LogP contribution in [0.1, 0.15) is 34.6 Å². The van der Waals surface area contributed by atoms with Crippen molar-refractivity contribution in [1.29, 1.82) is 0 Å². The summed E-state index contributed by atoms with van der Waals surface area (Å²) in [5.74, 6) is 0. The van der Waals surface area contributed by atoms with Gasteiger partial charge in [0.05, 0.1) is 0 Å². The van der Waals surface area contributed by atoms with Crippen molar-refractivity contribution in [3.8, 4) is 0 Å². The van der Waals surface area contributed by atoms with Crippen LogP contribution in [-0.4, -0.2) is 30.9 Å². The number of ether oxygens (including phenoxy) is 1. The standard InChI is InChI=1S/C4H10O.C4H9.Li/c1-3-5-4-2;1-4(2)3;/h3-4H2,1-2H3;1-3H3;. The van der Waals surface area contributed by atoms with Gasteiger partial charge >= 0.3 is 42.6 Å². The van der Waals surface area contributed by atoms with Gasteiger partial charge in [-0.3, -0.25) is 0 Å². The summed E-state index contributed by atoms with van der Waals surface area (Å²) in [5.41, 5.74) is 0. The van der Waals surface area contributed by atoms with Gasteiger partial charge < -0.3 is 4.74 Å². The van der Waals surface area contributed by atoms with E-state index in [0.717, 1.165) is 13.2 Å². The summed E-state index contributed by atoms with van der Waals surface area (Å²) >= 11 is 2.19. The SMILES string of the molecule is CCOCC.[Li][C](C)(C)C. The van der Waals surface area contributed by atoms with Crippen molar-refractivity contribution in [2.45, 2.75) is 38.7 Å². The third kappa shape index (κ3) is 74.7. The molecule has 0 aromatic heterocycles. The van der Waals surface area contributed by atoms with Gasteiger partial charge in [-0.05, 0) is 13.8 Å². The van der Waals surface area contributed by atoms with Crippen molar-refractivity contribution < 1.29 is 4.74 Å². The molecule has 0 aliphatic carbocycles. The van der Waals surface area contributed by atoms with E-state index in [1.165, 1.54) is 0 Å². The maximum absolute atomic E-state index is 4.83. The zero-order valence-corrected chi connectivity index (χ0v) is 8.32. The Morgan fingerprint density at radius 3 is 1.30 bits per heavy atom. The van der Waals surface area contributed by atoms with Crippen molar-refractivity contribution in [1.82, 2.24) is 0 Å². The van der Waals surface area contributed by atoms with Gasteiger partial charge in [-0.25, -0.2) is 0 Å². The van der Waals surface area contributed by atoms with Gasteiger partial charge in [-0.1, -0.05) is 0 Å². The summed E-state index contributed by atoms with van der Waals surface area (Å²) in [6.45, 7) is 12.2. The van der Waals surface area contributed by atoms with Gasteiger partial charge in [0.1, 0.15) is 0 Å². The van der Waals surface area contributed by atoms with E-state index in [1.807, 2.05) is 13.8 Å². The molecule has 0 fully saturated rings. The van der Waals surface area contributed by atoms with Gasteiger partial charge in [-0.2, -0.15) is 0 Å². The van der Waals surface area contributed by atoms with E-state index in [1.54, 1.807) is 0 Å². The number of hydrogen-bond acceptors (Lipinski definition) is 1. The first-order chi connectivity index (χ1) is 4.41. The molecule has 2 heteroatoms. The van der Waals surface area contributed by atoms with Crippen LogP contribution in [0.3, 0.4) is 0 Å². The molecule has 0 aromatic carbocycles. The number of rotatable bonds is 2.